The standard InChI is InChI=1S/C22H18F3NO3/c23-22(24,25)17-10-8-14(9-11-17)12-20(27)26-19(21(28)29)13-16-6-3-5-15-4-1-2-7-18(15)16/h1-11,19H,12-13H2,(H,26,27)(H,28,29)/t19-/m0/s1. The molecule has 0 aliphatic heterocycles. The normalized spacial score (nSPS) is 12.5. The number of benzene rings is 3. The van der Waals surface area contributed by atoms with Crippen LogP contribution in [0.1, 0.15) is 16.7 Å². The molecule has 0 aromatic heterocycles. The summed E-state index contributed by atoms with van der Waals surface area (Å²) in [6.07, 6.45) is -4.57. The molecule has 3 aromatic carbocycles. The van der Waals surface area contributed by atoms with Crippen molar-refractivity contribution in [1.82, 2.24) is 5.32 Å². The zero-order valence-corrected chi connectivity index (χ0v) is 15.2. The van der Waals surface area contributed by atoms with Gasteiger partial charge in [-0.1, -0.05) is 54.6 Å². The van der Waals surface area contributed by atoms with Gasteiger partial charge in [0.2, 0.25) is 5.91 Å². The Balaban J connectivity index is 1.70. The fourth-order valence-corrected chi connectivity index (χ4v) is 3.13. The molecular weight excluding hydrogens is 383 g/mol. The van der Waals surface area contributed by atoms with Gasteiger partial charge in [-0.3, -0.25) is 4.79 Å². The summed E-state index contributed by atoms with van der Waals surface area (Å²) in [6, 6.07) is 16.1. The number of fused-ring (bicyclic) bond motifs is 1. The van der Waals surface area contributed by atoms with Gasteiger partial charge < -0.3 is 10.4 Å². The molecule has 3 rings (SSSR count). The van der Waals surface area contributed by atoms with E-state index in [0.717, 1.165) is 28.5 Å². The molecule has 0 bridgehead atoms. The van der Waals surface area contributed by atoms with Gasteiger partial charge in [0.05, 0.1) is 12.0 Å². The lowest BCUT2D eigenvalue weighted by molar-refractivity contribution is -0.141. The maximum absolute atomic E-state index is 12.6. The Kier molecular flexibility index (Phi) is 5.87. The average Bonchev–Trinajstić information content (AvgIpc) is 2.67. The smallest absolute Gasteiger partial charge is 0.416 e. The number of carbonyl (C=O) groups excluding carboxylic acids is 1. The summed E-state index contributed by atoms with van der Waals surface area (Å²) in [6.45, 7) is 0. The number of hydrogen-bond acceptors (Lipinski definition) is 2. The quantitative estimate of drug-likeness (QED) is 0.650. The Morgan fingerprint density at radius 2 is 1.59 bits per heavy atom. The van der Waals surface area contributed by atoms with E-state index in [4.69, 9.17) is 0 Å². The topological polar surface area (TPSA) is 66.4 Å². The molecule has 7 heteroatoms. The molecule has 1 amide bonds. The van der Waals surface area contributed by atoms with Crippen molar-refractivity contribution < 1.29 is 27.9 Å². The molecule has 4 nitrogen and oxygen atoms in total. The summed E-state index contributed by atoms with van der Waals surface area (Å²) < 4.78 is 37.8. The van der Waals surface area contributed by atoms with Crippen molar-refractivity contribution >= 4 is 22.6 Å². The summed E-state index contributed by atoms with van der Waals surface area (Å²) in [5, 5.41) is 13.8. The number of amides is 1. The molecule has 3 aromatic rings. The first-order valence-corrected chi connectivity index (χ1v) is 8.89. The zero-order valence-electron chi connectivity index (χ0n) is 15.2. The predicted molar refractivity (Wildman–Crippen MR) is 102 cm³/mol. The van der Waals surface area contributed by atoms with E-state index in [-0.39, 0.29) is 12.8 Å². The summed E-state index contributed by atoms with van der Waals surface area (Å²) in [5.41, 5.74) is 0.344. The number of carboxylic acids is 1. The lowest BCUT2D eigenvalue weighted by Crippen LogP contribution is -2.43. The average molecular weight is 401 g/mol. The molecule has 0 aliphatic rings. The van der Waals surface area contributed by atoms with Crippen LogP contribution in [-0.2, 0) is 28.6 Å². The van der Waals surface area contributed by atoms with E-state index in [9.17, 15) is 27.9 Å². The number of hydrogen-bond donors (Lipinski definition) is 2. The van der Waals surface area contributed by atoms with Gasteiger partial charge in [-0.15, -0.1) is 0 Å². The predicted octanol–water partition coefficient (Wildman–Crippen LogP) is 4.21. The van der Waals surface area contributed by atoms with E-state index in [1.54, 1.807) is 6.07 Å². The van der Waals surface area contributed by atoms with Crippen LogP contribution in [0.5, 0.6) is 0 Å². The molecule has 150 valence electrons. The fourth-order valence-electron chi connectivity index (χ4n) is 3.13. The van der Waals surface area contributed by atoms with Gasteiger partial charge in [0.25, 0.3) is 0 Å². The van der Waals surface area contributed by atoms with Crippen molar-refractivity contribution in [2.75, 3.05) is 0 Å². The van der Waals surface area contributed by atoms with Crippen LogP contribution in [0.25, 0.3) is 10.8 Å². The van der Waals surface area contributed by atoms with Gasteiger partial charge in [-0.05, 0) is 34.0 Å². The highest BCUT2D eigenvalue weighted by Gasteiger charge is 2.30. The first-order chi connectivity index (χ1) is 13.7. The minimum absolute atomic E-state index is 0.0927. The summed E-state index contributed by atoms with van der Waals surface area (Å²) in [5.74, 6) is -1.75. The molecular formula is C22H18F3NO3. The minimum atomic E-state index is -4.45. The van der Waals surface area contributed by atoms with Crippen molar-refractivity contribution in [1.29, 1.82) is 0 Å². The zero-order chi connectivity index (χ0) is 21.0. The van der Waals surface area contributed by atoms with Crippen molar-refractivity contribution in [3.8, 4) is 0 Å². The fraction of sp³-hybridized carbons (Fsp3) is 0.182. The number of halogens is 3. The Morgan fingerprint density at radius 1 is 0.931 bits per heavy atom. The van der Waals surface area contributed by atoms with Crippen LogP contribution in [0.2, 0.25) is 0 Å². The number of alkyl halides is 3. The van der Waals surface area contributed by atoms with E-state index in [2.05, 4.69) is 5.32 Å². The van der Waals surface area contributed by atoms with E-state index >= 15 is 0 Å². The molecule has 0 fully saturated rings. The number of nitrogens with one attached hydrogen (secondary N) is 1. The Labute approximate surface area is 165 Å². The summed E-state index contributed by atoms with van der Waals surface area (Å²) in [7, 11) is 0. The summed E-state index contributed by atoms with van der Waals surface area (Å²) >= 11 is 0. The third-order valence-corrected chi connectivity index (χ3v) is 4.58. The number of rotatable bonds is 6. The lowest BCUT2D eigenvalue weighted by atomic mass is 9.98. The van der Waals surface area contributed by atoms with Crippen molar-refractivity contribution in [2.45, 2.75) is 25.1 Å². The summed E-state index contributed by atoms with van der Waals surface area (Å²) in [4.78, 5) is 23.9. The van der Waals surface area contributed by atoms with E-state index in [1.165, 1.54) is 12.1 Å². The Hall–Kier alpha value is -3.35. The number of carboxylic acid groups (broad SMARTS) is 1. The van der Waals surface area contributed by atoms with Gasteiger partial charge in [0, 0.05) is 6.42 Å². The van der Waals surface area contributed by atoms with Gasteiger partial charge in [-0.25, -0.2) is 4.79 Å². The van der Waals surface area contributed by atoms with Crippen LogP contribution in [0.4, 0.5) is 13.2 Å². The molecule has 0 aliphatic carbocycles. The van der Waals surface area contributed by atoms with Crippen LogP contribution in [0, 0.1) is 0 Å². The molecule has 0 spiro atoms. The van der Waals surface area contributed by atoms with Crippen LogP contribution in [0.15, 0.2) is 66.7 Å². The molecule has 0 unspecified atom stereocenters. The number of carbonyl (C=O) groups is 2. The Morgan fingerprint density at radius 3 is 2.24 bits per heavy atom. The van der Waals surface area contributed by atoms with E-state index in [1.807, 2.05) is 36.4 Å². The van der Waals surface area contributed by atoms with Gasteiger partial charge >= 0.3 is 12.1 Å². The molecule has 0 saturated carbocycles. The van der Waals surface area contributed by atoms with Crippen LogP contribution < -0.4 is 5.32 Å². The number of aliphatic carboxylic acids is 1. The van der Waals surface area contributed by atoms with Gasteiger partial charge in [0.1, 0.15) is 6.04 Å². The SMILES string of the molecule is O=C(Cc1ccc(C(F)(F)F)cc1)N[C@@H](Cc1cccc2ccccc12)C(=O)O. The van der Waals surface area contributed by atoms with Crippen molar-refractivity contribution in [3.63, 3.8) is 0 Å². The third kappa shape index (κ3) is 5.13. The third-order valence-electron chi connectivity index (χ3n) is 4.58. The van der Waals surface area contributed by atoms with Crippen molar-refractivity contribution in [2.24, 2.45) is 0 Å². The maximum Gasteiger partial charge on any atom is 0.416 e. The molecule has 29 heavy (non-hydrogen) atoms. The molecule has 0 radical (unpaired) electrons. The highest BCUT2D eigenvalue weighted by Crippen LogP contribution is 2.29. The molecule has 2 N–H and O–H groups in total. The second kappa shape index (κ2) is 8.34. The molecule has 0 saturated heterocycles. The largest absolute Gasteiger partial charge is 0.480 e. The van der Waals surface area contributed by atoms with Crippen LogP contribution in [-0.4, -0.2) is 23.0 Å². The van der Waals surface area contributed by atoms with Gasteiger partial charge in [-0.2, -0.15) is 13.2 Å². The highest BCUT2D eigenvalue weighted by molar-refractivity contribution is 5.88. The maximum atomic E-state index is 12.6. The van der Waals surface area contributed by atoms with Crippen LogP contribution in [0.3, 0.4) is 0 Å². The van der Waals surface area contributed by atoms with E-state index < -0.39 is 29.7 Å². The Bertz CT molecular complexity index is 1020. The first-order valence-electron chi connectivity index (χ1n) is 8.89. The van der Waals surface area contributed by atoms with Crippen LogP contribution >= 0.6 is 0 Å². The lowest BCUT2D eigenvalue weighted by Gasteiger charge is -2.16. The van der Waals surface area contributed by atoms with E-state index in [0.29, 0.717) is 5.56 Å². The van der Waals surface area contributed by atoms with Crippen molar-refractivity contribution in [3.05, 3.63) is 83.4 Å². The second-order valence-corrected chi connectivity index (χ2v) is 6.67. The second-order valence-electron chi connectivity index (χ2n) is 6.67. The monoisotopic (exact) mass is 401 g/mol. The first kappa shape index (κ1) is 20.4. The molecule has 1 atom stereocenters. The van der Waals surface area contributed by atoms with Gasteiger partial charge in [0.15, 0.2) is 0 Å². The highest BCUT2D eigenvalue weighted by atomic mass is 19.4. The molecule has 0 heterocycles. The minimum Gasteiger partial charge on any atom is -0.480 e.